The van der Waals surface area contributed by atoms with Gasteiger partial charge in [0.05, 0.1) is 31.2 Å². The van der Waals surface area contributed by atoms with E-state index in [0.29, 0.717) is 37.6 Å². The maximum atomic E-state index is 12.5. The zero-order valence-electron chi connectivity index (χ0n) is 17.2. The monoisotopic (exact) mass is 431 g/mol. The van der Waals surface area contributed by atoms with E-state index >= 15 is 0 Å². The van der Waals surface area contributed by atoms with Crippen molar-refractivity contribution in [3.05, 3.63) is 29.6 Å². The van der Waals surface area contributed by atoms with E-state index < -0.39 is 10.0 Å². The van der Waals surface area contributed by atoms with Crippen LogP contribution >= 0.6 is 0 Å². The highest BCUT2D eigenvalue weighted by atomic mass is 32.2. The van der Waals surface area contributed by atoms with Gasteiger partial charge in [0.15, 0.2) is 11.5 Å². The first-order valence-electron chi connectivity index (χ1n) is 10.1. The lowest BCUT2D eigenvalue weighted by molar-refractivity contribution is 0.0985. The zero-order chi connectivity index (χ0) is 21.0. The summed E-state index contributed by atoms with van der Waals surface area (Å²) in [6.45, 7) is 6.41. The number of sulfonamides is 1. The van der Waals surface area contributed by atoms with Crippen LogP contribution in [0.2, 0.25) is 0 Å². The summed E-state index contributed by atoms with van der Waals surface area (Å²) in [5.41, 5.74) is 2.47. The van der Waals surface area contributed by atoms with Crippen molar-refractivity contribution in [3.63, 3.8) is 0 Å². The molecule has 0 amide bonds. The predicted octanol–water partition coefficient (Wildman–Crippen LogP) is 1.25. The zero-order valence-corrected chi connectivity index (χ0v) is 18.1. The van der Waals surface area contributed by atoms with Gasteiger partial charge in [-0.1, -0.05) is 0 Å². The number of anilines is 1. The number of nitrogens with one attached hydrogen (secondary N) is 1. The molecule has 0 aromatic carbocycles. The van der Waals surface area contributed by atoms with Gasteiger partial charge in [0, 0.05) is 43.2 Å². The second kappa shape index (κ2) is 7.03. The van der Waals surface area contributed by atoms with E-state index in [1.54, 1.807) is 15.2 Å². The van der Waals surface area contributed by atoms with E-state index in [2.05, 4.69) is 22.0 Å². The summed E-state index contributed by atoms with van der Waals surface area (Å²) in [5, 5.41) is 12.8. The van der Waals surface area contributed by atoms with Gasteiger partial charge in [-0.15, -0.1) is 0 Å². The lowest BCUT2D eigenvalue weighted by Gasteiger charge is -2.35. The topological polar surface area (TPSA) is 109 Å². The van der Waals surface area contributed by atoms with Gasteiger partial charge in [-0.3, -0.25) is 5.10 Å². The summed E-state index contributed by atoms with van der Waals surface area (Å²) in [6, 6.07) is 3.72. The molecule has 1 saturated heterocycles. The molecule has 160 valence electrons. The fraction of sp³-hybridized carbons (Fsp3) is 0.526. The molecule has 0 saturated carbocycles. The molecular formula is C19H25N7O3S. The summed E-state index contributed by atoms with van der Waals surface area (Å²) in [6.07, 6.45) is 3.53. The summed E-state index contributed by atoms with van der Waals surface area (Å²) < 4.78 is 33.8. The van der Waals surface area contributed by atoms with Crippen molar-refractivity contribution in [1.29, 1.82) is 0 Å². The van der Waals surface area contributed by atoms with Gasteiger partial charge in [0.1, 0.15) is 5.82 Å². The number of pyridine rings is 1. The third-order valence-corrected chi connectivity index (χ3v) is 7.32. The van der Waals surface area contributed by atoms with E-state index in [0.717, 1.165) is 29.0 Å². The molecule has 1 N–H and O–H groups in total. The van der Waals surface area contributed by atoms with Crippen molar-refractivity contribution in [2.45, 2.75) is 32.4 Å². The molecule has 11 heteroatoms. The fourth-order valence-corrected chi connectivity index (χ4v) is 5.58. The number of hydrogen-bond donors (Lipinski definition) is 1. The smallest absolute Gasteiger partial charge is 0.211 e. The van der Waals surface area contributed by atoms with E-state index in [9.17, 15) is 8.42 Å². The first kappa shape index (κ1) is 19.5. The molecule has 10 nitrogen and oxygen atoms in total. The molecule has 3 aromatic heterocycles. The highest BCUT2D eigenvalue weighted by molar-refractivity contribution is 7.88. The molecule has 2 atom stereocenters. The van der Waals surface area contributed by atoms with Crippen molar-refractivity contribution in [3.8, 4) is 5.82 Å². The number of H-pyrrole nitrogens is 1. The van der Waals surface area contributed by atoms with E-state index in [-0.39, 0.29) is 12.1 Å². The largest absolute Gasteiger partial charge is 0.377 e. The number of aromatic nitrogens is 5. The van der Waals surface area contributed by atoms with E-state index in [1.165, 1.54) is 6.26 Å². The number of aromatic amines is 1. The predicted molar refractivity (Wildman–Crippen MR) is 112 cm³/mol. The van der Waals surface area contributed by atoms with Gasteiger partial charge in [-0.2, -0.15) is 19.2 Å². The average Bonchev–Trinajstić information content (AvgIpc) is 3.31. The van der Waals surface area contributed by atoms with Gasteiger partial charge in [0.25, 0.3) is 0 Å². The van der Waals surface area contributed by atoms with Crippen LogP contribution in [0.4, 0.5) is 5.82 Å². The Morgan fingerprint density at radius 1 is 1.23 bits per heavy atom. The minimum atomic E-state index is -3.37. The van der Waals surface area contributed by atoms with Crippen molar-refractivity contribution >= 4 is 26.9 Å². The van der Waals surface area contributed by atoms with Gasteiger partial charge in [0.2, 0.25) is 10.0 Å². The lowest BCUT2D eigenvalue weighted by atomic mass is 10.0. The van der Waals surface area contributed by atoms with Crippen LogP contribution < -0.4 is 4.90 Å². The number of nitrogens with zero attached hydrogens (tertiary/aromatic N) is 6. The van der Waals surface area contributed by atoms with Crippen molar-refractivity contribution < 1.29 is 13.2 Å². The standard InChI is InChI=1S/C19H25N7O3S/c1-12-11-29-9-8-24(12)17-10-14-13(2)25(30(3,27)28)7-5-15-18(14)19(21-17)26(23-15)16-4-6-20-22-16/h4,6,10,12-13H,5,7-9,11H2,1-3H3,(H,20,22)/t12-,13?/m1/s1. The third kappa shape index (κ3) is 3.08. The Kier molecular flexibility index (Phi) is 4.56. The summed E-state index contributed by atoms with van der Waals surface area (Å²) in [7, 11) is -3.37. The van der Waals surface area contributed by atoms with Crippen LogP contribution in [0, 0.1) is 0 Å². The Labute approximate surface area is 174 Å². The lowest BCUT2D eigenvalue weighted by Crippen LogP contribution is -2.44. The highest BCUT2D eigenvalue weighted by Gasteiger charge is 2.33. The Morgan fingerprint density at radius 3 is 2.77 bits per heavy atom. The number of rotatable bonds is 3. The summed E-state index contributed by atoms with van der Waals surface area (Å²) in [5.74, 6) is 1.46. The second-order valence-electron chi connectivity index (χ2n) is 7.98. The Balaban J connectivity index is 1.76. The van der Waals surface area contributed by atoms with Crippen LogP contribution in [0.25, 0.3) is 16.9 Å². The van der Waals surface area contributed by atoms with Gasteiger partial charge < -0.3 is 9.64 Å². The van der Waals surface area contributed by atoms with Gasteiger partial charge in [-0.05, 0) is 25.5 Å². The van der Waals surface area contributed by atoms with E-state index in [1.807, 2.05) is 19.1 Å². The van der Waals surface area contributed by atoms with Crippen LogP contribution in [0.5, 0.6) is 0 Å². The molecule has 0 bridgehead atoms. The van der Waals surface area contributed by atoms with E-state index in [4.69, 9.17) is 14.8 Å². The second-order valence-corrected chi connectivity index (χ2v) is 9.91. The van der Waals surface area contributed by atoms with Crippen molar-refractivity contribution in [2.24, 2.45) is 0 Å². The molecule has 5 rings (SSSR count). The number of morpholine rings is 1. The van der Waals surface area contributed by atoms with Crippen LogP contribution in [-0.4, -0.2) is 76.3 Å². The summed E-state index contributed by atoms with van der Waals surface area (Å²) >= 11 is 0. The normalized spacial score (nSPS) is 23.1. The molecule has 0 spiro atoms. The Morgan fingerprint density at radius 2 is 2.07 bits per heavy atom. The molecule has 0 radical (unpaired) electrons. The molecule has 2 aliphatic rings. The van der Waals surface area contributed by atoms with Crippen molar-refractivity contribution in [2.75, 3.05) is 37.5 Å². The highest BCUT2D eigenvalue weighted by Crippen LogP contribution is 2.37. The first-order valence-corrected chi connectivity index (χ1v) is 11.9. The SMILES string of the molecule is CC1c2cc(N3CCOC[C@H]3C)nc3c2c(nn3-c2cc[nH]n2)CCN1S(C)(=O)=O. The Hall–Kier alpha value is -2.50. The first-order chi connectivity index (χ1) is 14.3. The maximum Gasteiger partial charge on any atom is 0.211 e. The number of hydrogen-bond acceptors (Lipinski definition) is 7. The molecule has 5 heterocycles. The van der Waals surface area contributed by atoms with Crippen molar-refractivity contribution in [1.82, 2.24) is 29.3 Å². The van der Waals surface area contributed by atoms with Gasteiger partial charge >= 0.3 is 0 Å². The molecule has 2 aliphatic heterocycles. The average molecular weight is 432 g/mol. The maximum absolute atomic E-state index is 12.5. The minimum Gasteiger partial charge on any atom is -0.377 e. The third-order valence-electron chi connectivity index (χ3n) is 5.97. The molecule has 1 fully saturated rings. The van der Waals surface area contributed by atoms with Gasteiger partial charge in [-0.25, -0.2) is 13.4 Å². The minimum absolute atomic E-state index is 0.171. The van der Waals surface area contributed by atoms with Crippen LogP contribution in [0.1, 0.15) is 31.1 Å². The van der Waals surface area contributed by atoms with Crippen LogP contribution in [0.3, 0.4) is 0 Å². The van der Waals surface area contributed by atoms with Crippen LogP contribution in [-0.2, 0) is 21.2 Å². The molecule has 30 heavy (non-hydrogen) atoms. The Bertz CT molecular complexity index is 1190. The summed E-state index contributed by atoms with van der Waals surface area (Å²) in [4.78, 5) is 7.19. The molecule has 1 unspecified atom stereocenters. The molecule has 3 aromatic rings. The quantitative estimate of drug-likeness (QED) is 0.665. The molecule has 0 aliphatic carbocycles. The molecular weight excluding hydrogens is 406 g/mol. The van der Waals surface area contributed by atoms with Crippen LogP contribution in [0.15, 0.2) is 18.3 Å². The number of ether oxygens (including phenoxy) is 1. The fourth-order valence-electron chi connectivity index (χ4n) is 4.47.